The van der Waals surface area contributed by atoms with Crippen LogP contribution >= 0.6 is 11.3 Å². The van der Waals surface area contributed by atoms with Crippen LogP contribution in [0.3, 0.4) is 0 Å². The van der Waals surface area contributed by atoms with Crippen LogP contribution in [0.15, 0.2) is 35.7 Å². The van der Waals surface area contributed by atoms with Crippen molar-refractivity contribution in [2.45, 2.75) is 32.9 Å². The average Bonchev–Trinajstić information content (AvgIpc) is 3.22. The minimum Gasteiger partial charge on any atom is -0.496 e. The topological polar surface area (TPSA) is 42.0 Å². The monoisotopic (exact) mass is 430 g/mol. The lowest BCUT2D eigenvalue weighted by Crippen LogP contribution is -2.39. The molecule has 2 aromatic rings. The first kappa shape index (κ1) is 22.9. The molecule has 0 N–H and O–H groups in total. The van der Waals surface area contributed by atoms with Gasteiger partial charge in [-0.15, -0.1) is 11.3 Å². The molecule has 3 rings (SSSR count). The summed E-state index contributed by atoms with van der Waals surface area (Å²) in [4.78, 5) is 17.5. The number of nitrogens with zero attached hydrogens (tertiary/aromatic N) is 2. The van der Waals surface area contributed by atoms with Gasteiger partial charge in [-0.25, -0.2) is 0 Å². The van der Waals surface area contributed by atoms with Crippen molar-refractivity contribution in [2.24, 2.45) is 5.92 Å². The molecular formula is C24H34N2O3S. The molecule has 5 nitrogen and oxygen atoms in total. The molecule has 0 unspecified atom stereocenters. The molecule has 0 aliphatic carbocycles. The van der Waals surface area contributed by atoms with Gasteiger partial charge in [0.25, 0.3) is 0 Å². The van der Waals surface area contributed by atoms with Gasteiger partial charge in [-0.05, 0) is 61.8 Å². The third-order valence-corrected chi connectivity index (χ3v) is 6.91. The second-order valence-corrected chi connectivity index (χ2v) is 9.05. The first-order valence-corrected chi connectivity index (χ1v) is 11.6. The molecule has 0 bridgehead atoms. The Morgan fingerprint density at radius 3 is 2.67 bits per heavy atom. The maximum absolute atomic E-state index is 11.6. The Morgan fingerprint density at radius 2 is 2.00 bits per heavy atom. The predicted molar refractivity (Wildman–Crippen MR) is 122 cm³/mol. The molecule has 0 spiro atoms. The first-order chi connectivity index (χ1) is 14.6. The van der Waals surface area contributed by atoms with Gasteiger partial charge in [0.05, 0.1) is 18.6 Å². The molecular weight excluding hydrogens is 396 g/mol. The highest BCUT2D eigenvalue weighted by Crippen LogP contribution is 2.25. The van der Waals surface area contributed by atoms with E-state index in [1.165, 1.54) is 24.0 Å². The second-order valence-electron chi connectivity index (χ2n) is 8.13. The summed E-state index contributed by atoms with van der Waals surface area (Å²) in [6.45, 7) is 8.44. The summed E-state index contributed by atoms with van der Waals surface area (Å²) < 4.78 is 10.8. The minimum atomic E-state index is 0.150. The van der Waals surface area contributed by atoms with E-state index in [-0.39, 0.29) is 5.78 Å². The molecule has 0 atom stereocenters. The Morgan fingerprint density at radius 1 is 1.23 bits per heavy atom. The van der Waals surface area contributed by atoms with E-state index in [2.05, 4.69) is 27.3 Å². The van der Waals surface area contributed by atoms with Gasteiger partial charge >= 0.3 is 0 Å². The average molecular weight is 431 g/mol. The van der Waals surface area contributed by atoms with Crippen molar-refractivity contribution >= 4 is 17.1 Å². The van der Waals surface area contributed by atoms with Crippen LogP contribution < -0.4 is 4.74 Å². The van der Waals surface area contributed by atoms with E-state index in [4.69, 9.17) is 9.47 Å². The van der Waals surface area contributed by atoms with E-state index in [0.29, 0.717) is 5.92 Å². The zero-order valence-corrected chi connectivity index (χ0v) is 19.2. The number of ketones is 1. The highest BCUT2D eigenvalue weighted by atomic mass is 32.1. The normalized spacial score (nSPS) is 15.6. The van der Waals surface area contributed by atoms with Crippen LogP contribution in [-0.4, -0.2) is 62.6 Å². The molecule has 1 aromatic heterocycles. The smallest absolute Gasteiger partial charge is 0.169 e. The van der Waals surface area contributed by atoms with E-state index in [0.717, 1.165) is 56.5 Å². The van der Waals surface area contributed by atoms with Crippen molar-refractivity contribution in [1.29, 1.82) is 0 Å². The number of ether oxygens (including phenoxy) is 2. The lowest BCUT2D eigenvalue weighted by atomic mass is 9.95. The largest absolute Gasteiger partial charge is 0.496 e. The van der Waals surface area contributed by atoms with E-state index < -0.39 is 0 Å². The molecule has 6 heteroatoms. The molecule has 1 aromatic carbocycles. The summed E-state index contributed by atoms with van der Waals surface area (Å²) in [7, 11) is 3.50. The molecule has 0 saturated carbocycles. The minimum absolute atomic E-state index is 0.150. The fourth-order valence-electron chi connectivity index (χ4n) is 4.12. The summed E-state index contributed by atoms with van der Waals surface area (Å²) >= 11 is 1.55. The van der Waals surface area contributed by atoms with Gasteiger partial charge in [-0.2, -0.15) is 0 Å². The number of para-hydroxylation sites is 1. The number of benzene rings is 1. The Hall–Kier alpha value is -1.73. The Balaban J connectivity index is 1.51. The van der Waals surface area contributed by atoms with Crippen molar-refractivity contribution in [3.63, 3.8) is 0 Å². The molecule has 1 saturated heterocycles. The molecule has 1 aliphatic heterocycles. The SMILES string of the molecule is COCCN(Cc1csc(C(C)=O)c1)CC1CCN(Cc2ccccc2OC)CC1. The van der Waals surface area contributed by atoms with Gasteiger partial charge in [0.2, 0.25) is 0 Å². The molecule has 1 aliphatic rings. The number of methoxy groups -OCH3 is 2. The Kier molecular flexibility index (Phi) is 8.88. The molecule has 30 heavy (non-hydrogen) atoms. The van der Waals surface area contributed by atoms with Gasteiger partial charge in [-0.3, -0.25) is 14.6 Å². The van der Waals surface area contributed by atoms with Gasteiger partial charge < -0.3 is 9.47 Å². The number of Topliss-reactive ketones (excluding diaryl/α,β-unsaturated/α-hetero) is 1. The van der Waals surface area contributed by atoms with Crippen LogP contribution in [0.5, 0.6) is 5.75 Å². The molecule has 2 heterocycles. The number of piperidine rings is 1. The third kappa shape index (κ3) is 6.64. The standard InChI is InChI=1S/C24H34N2O3S/c1-19(27)24-14-21(18-30-24)16-26(12-13-28-2)15-20-8-10-25(11-9-20)17-22-6-4-5-7-23(22)29-3/h4-7,14,18,20H,8-13,15-17H2,1-3H3. The molecule has 164 valence electrons. The van der Waals surface area contributed by atoms with E-state index in [9.17, 15) is 4.79 Å². The maximum Gasteiger partial charge on any atom is 0.169 e. The zero-order valence-electron chi connectivity index (χ0n) is 18.4. The van der Waals surface area contributed by atoms with Crippen LogP contribution in [0.1, 0.15) is 40.6 Å². The van der Waals surface area contributed by atoms with Crippen LogP contribution in [0.25, 0.3) is 0 Å². The summed E-state index contributed by atoms with van der Waals surface area (Å²) in [5.41, 5.74) is 2.49. The number of hydrogen-bond donors (Lipinski definition) is 0. The predicted octanol–water partition coefficient (Wildman–Crippen LogP) is 4.32. The second kappa shape index (κ2) is 11.6. The third-order valence-electron chi connectivity index (χ3n) is 5.83. The highest BCUT2D eigenvalue weighted by molar-refractivity contribution is 7.12. The van der Waals surface area contributed by atoms with E-state index in [1.54, 1.807) is 32.5 Å². The summed E-state index contributed by atoms with van der Waals surface area (Å²) in [5, 5.41) is 2.12. The van der Waals surface area contributed by atoms with Gasteiger partial charge in [0.1, 0.15) is 5.75 Å². The van der Waals surface area contributed by atoms with Crippen LogP contribution in [-0.2, 0) is 17.8 Å². The zero-order chi connectivity index (χ0) is 21.3. The summed E-state index contributed by atoms with van der Waals surface area (Å²) in [6.07, 6.45) is 2.42. The van der Waals surface area contributed by atoms with E-state index >= 15 is 0 Å². The number of hydrogen-bond acceptors (Lipinski definition) is 6. The first-order valence-electron chi connectivity index (χ1n) is 10.7. The fourth-order valence-corrected chi connectivity index (χ4v) is 4.93. The van der Waals surface area contributed by atoms with Crippen molar-refractivity contribution in [3.8, 4) is 5.75 Å². The van der Waals surface area contributed by atoms with Crippen molar-refractivity contribution < 1.29 is 14.3 Å². The Bertz CT molecular complexity index is 799. The quantitative estimate of drug-likeness (QED) is 0.497. The highest BCUT2D eigenvalue weighted by Gasteiger charge is 2.22. The fraction of sp³-hybridized carbons (Fsp3) is 0.542. The van der Waals surface area contributed by atoms with Crippen LogP contribution in [0, 0.1) is 5.92 Å². The van der Waals surface area contributed by atoms with E-state index in [1.807, 2.05) is 18.2 Å². The number of rotatable bonds is 11. The number of thiophene rings is 1. The number of carbonyl (C=O) groups excluding carboxylic acids is 1. The lowest BCUT2D eigenvalue weighted by molar-refractivity contribution is 0.102. The summed E-state index contributed by atoms with van der Waals surface area (Å²) in [5.74, 6) is 1.82. The summed E-state index contributed by atoms with van der Waals surface area (Å²) in [6, 6.07) is 10.4. The van der Waals surface area contributed by atoms with Gasteiger partial charge in [-0.1, -0.05) is 18.2 Å². The van der Waals surface area contributed by atoms with Gasteiger partial charge in [0.15, 0.2) is 5.78 Å². The van der Waals surface area contributed by atoms with Crippen LogP contribution in [0.4, 0.5) is 0 Å². The molecule has 0 radical (unpaired) electrons. The lowest BCUT2D eigenvalue weighted by Gasteiger charge is -2.35. The maximum atomic E-state index is 11.6. The number of likely N-dealkylation sites (tertiary alicyclic amines) is 1. The van der Waals surface area contributed by atoms with Crippen molar-refractivity contribution in [3.05, 3.63) is 51.7 Å². The van der Waals surface area contributed by atoms with Crippen molar-refractivity contribution in [2.75, 3.05) is 47.0 Å². The Labute approximate surface area is 184 Å². The molecule has 1 fully saturated rings. The van der Waals surface area contributed by atoms with Crippen LogP contribution in [0.2, 0.25) is 0 Å². The number of carbonyl (C=O) groups is 1. The van der Waals surface area contributed by atoms with Crippen molar-refractivity contribution in [1.82, 2.24) is 9.80 Å². The van der Waals surface area contributed by atoms with Gasteiger partial charge in [0, 0.05) is 38.9 Å². The molecule has 0 amide bonds.